The number of hydrogen-bond acceptors (Lipinski definition) is 3. The Balaban J connectivity index is 1.91. The Bertz CT molecular complexity index is 540. The van der Waals surface area contributed by atoms with Crippen molar-refractivity contribution in [3.8, 4) is 11.6 Å². The van der Waals surface area contributed by atoms with Gasteiger partial charge in [-0.05, 0) is 30.2 Å². The number of nitrogens with one attached hydrogen (secondary N) is 1. The summed E-state index contributed by atoms with van der Waals surface area (Å²) >= 11 is 0. The van der Waals surface area contributed by atoms with Gasteiger partial charge in [0.05, 0.1) is 0 Å². The largest absolute Gasteiger partial charge is 0.439 e. The zero-order valence-electron chi connectivity index (χ0n) is 11.8. The summed E-state index contributed by atoms with van der Waals surface area (Å²) in [7, 11) is 0. The molecular weight excluding hydrogens is 255 g/mol. The fraction of sp³-hybridized carbons (Fsp3) is 0.312. The van der Waals surface area contributed by atoms with Crippen LogP contribution in [0.1, 0.15) is 19.4 Å². The Hall–Kier alpha value is -1.94. The Morgan fingerprint density at radius 3 is 2.75 bits per heavy atom. The van der Waals surface area contributed by atoms with Crippen LogP contribution in [0.15, 0.2) is 42.6 Å². The predicted octanol–water partition coefficient (Wildman–Crippen LogP) is 3.76. The fourth-order valence-corrected chi connectivity index (χ4v) is 1.73. The number of ether oxygens (including phenoxy) is 1. The predicted molar refractivity (Wildman–Crippen MR) is 77.3 cm³/mol. The molecule has 2 rings (SSSR count). The Morgan fingerprint density at radius 1 is 1.25 bits per heavy atom. The lowest BCUT2D eigenvalue weighted by atomic mass is 10.2. The number of hydrogen-bond donors (Lipinski definition) is 1. The number of nitrogens with zero attached hydrogens (tertiary/aromatic N) is 1. The minimum atomic E-state index is -0.322. The van der Waals surface area contributed by atoms with Crippen LogP contribution in [-0.4, -0.2) is 11.5 Å². The minimum absolute atomic E-state index is 0.322. The Kier molecular flexibility index (Phi) is 5.07. The molecule has 0 bridgehead atoms. The highest BCUT2D eigenvalue weighted by atomic mass is 19.1. The summed E-state index contributed by atoms with van der Waals surface area (Å²) in [6.45, 7) is 6.09. The first kappa shape index (κ1) is 14.5. The molecule has 0 atom stereocenters. The first-order valence-electron chi connectivity index (χ1n) is 6.72. The summed E-state index contributed by atoms with van der Waals surface area (Å²) in [6.07, 6.45) is 1.77. The molecule has 20 heavy (non-hydrogen) atoms. The van der Waals surface area contributed by atoms with E-state index in [1.165, 1.54) is 12.1 Å². The molecule has 1 heterocycles. The lowest BCUT2D eigenvalue weighted by molar-refractivity contribution is 0.457. The molecule has 1 N–H and O–H groups in total. The van der Waals surface area contributed by atoms with Gasteiger partial charge in [-0.15, -0.1) is 0 Å². The van der Waals surface area contributed by atoms with Gasteiger partial charge < -0.3 is 10.1 Å². The quantitative estimate of drug-likeness (QED) is 0.871. The molecule has 106 valence electrons. The van der Waals surface area contributed by atoms with Crippen molar-refractivity contribution in [2.75, 3.05) is 6.54 Å². The molecule has 1 aromatic heterocycles. The maximum atomic E-state index is 13.0. The highest BCUT2D eigenvalue weighted by molar-refractivity contribution is 5.28. The number of pyridine rings is 1. The Morgan fingerprint density at radius 2 is 2.10 bits per heavy atom. The van der Waals surface area contributed by atoms with Gasteiger partial charge in [-0.25, -0.2) is 9.37 Å². The van der Waals surface area contributed by atoms with Crippen LogP contribution in [0.25, 0.3) is 0 Å². The monoisotopic (exact) mass is 274 g/mol. The van der Waals surface area contributed by atoms with E-state index in [4.69, 9.17) is 4.74 Å². The van der Waals surface area contributed by atoms with Crippen LogP contribution in [0.4, 0.5) is 4.39 Å². The van der Waals surface area contributed by atoms with Crippen LogP contribution in [0, 0.1) is 11.7 Å². The average molecular weight is 274 g/mol. The van der Waals surface area contributed by atoms with Crippen LogP contribution in [0.2, 0.25) is 0 Å². The van der Waals surface area contributed by atoms with Crippen LogP contribution in [0.3, 0.4) is 0 Å². The van der Waals surface area contributed by atoms with Crippen molar-refractivity contribution < 1.29 is 9.13 Å². The van der Waals surface area contributed by atoms with Gasteiger partial charge in [0.2, 0.25) is 5.88 Å². The molecular formula is C16H19FN2O. The van der Waals surface area contributed by atoms with Crippen LogP contribution in [0.5, 0.6) is 11.6 Å². The van der Waals surface area contributed by atoms with E-state index in [1.54, 1.807) is 24.4 Å². The second-order valence-corrected chi connectivity index (χ2v) is 5.09. The standard InChI is InChI=1S/C16H19FN2O/c1-12(2)9-18-10-13-6-7-16(19-11-13)20-15-5-3-4-14(17)8-15/h3-8,11-12,18H,9-10H2,1-2H3. The summed E-state index contributed by atoms with van der Waals surface area (Å²) in [6, 6.07) is 9.76. The third-order valence-corrected chi connectivity index (χ3v) is 2.70. The highest BCUT2D eigenvalue weighted by Gasteiger charge is 2.01. The zero-order chi connectivity index (χ0) is 14.4. The van der Waals surface area contributed by atoms with E-state index >= 15 is 0 Å². The minimum Gasteiger partial charge on any atom is -0.439 e. The van der Waals surface area contributed by atoms with Gasteiger partial charge in [-0.2, -0.15) is 0 Å². The summed E-state index contributed by atoms with van der Waals surface area (Å²) < 4.78 is 18.5. The van der Waals surface area contributed by atoms with E-state index in [0.29, 0.717) is 17.5 Å². The highest BCUT2D eigenvalue weighted by Crippen LogP contribution is 2.19. The van der Waals surface area contributed by atoms with Crippen molar-refractivity contribution in [3.05, 3.63) is 54.0 Å². The second kappa shape index (κ2) is 7.01. The van der Waals surface area contributed by atoms with Crippen LogP contribution < -0.4 is 10.1 Å². The molecule has 0 radical (unpaired) electrons. The molecule has 3 nitrogen and oxygen atoms in total. The molecule has 1 aromatic carbocycles. The summed E-state index contributed by atoms with van der Waals surface area (Å²) in [5.74, 6) is 1.21. The van der Waals surface area contributed by atoms with Gasteiger partial charge in [0.15, 0.2) is 0 Å². The van der Waals surface area contributed by atoms with Crippen LogP contribution >= 0.6 is 0 Å². The molecule has 0 aliphatic rings. The van der Waals surface area contributed by atoms with Gasteiger partial charge >= 0.3 is 0 Å². The lowest BCUT2D eigenvalue weighted by Crippen LogP contribution is -2.18. The van der Waals surface area contributed by atoms with Crippen molar-refractivity contribution in [2.24, 2.45) is 5.92 Å². The van der Waals surface area contributed by atoms with E-state index in [-0.39, 0.29) is 5.82 Å². The molecule has 2 aromatic rings. The smallest absolute Gasteiger partial charge is 0.219 e. The first-order valence-corrected chi connectivity index (χ1v) is 6.72. The SMILES string of the molecule is CC(C)CNCc1ccc(Oc2cccc(F)c2)nc1. The third kappa shape index (κ3) is 4.63. The van der Waals surface area contributed by atoms with Crippen molar-refractivity contribution in [2.45, 2.75) is 20.4 Å². The molecule has 4 heteroatoms. The molecule has 0 saturated heterocycles. The van der Waals surface area contributed by atoms with E-state index in [0.717, 1.165) is 18.7 Å². The van der Waals surface area contributed by atoms with Gasteiger partial charge in [0.25, 0.3) is 0 Å². The van der Waals surface area contributed by atoms with E-state index in [1.807, 2.05) is 6.07 Å². The van der Waals surface area contributed by atoms with Gasteiger partial charge in [-0.1, -0.05) is 26.0 Å². The number of aromatic nitrogens is 1. The molecule has 0 saturated carbocycles. The van der Waals surface area contributed by atoms with Crippen molar-refractivity contribution in [1.82, 2.24) is 10.3 Å². The van der Waals surface area contributed by atoms with E-state index in [9.17, 15) is 4.39 Å². The molecule has 0 amide bonds. The fourth-order valence-electron chi connectivity index (χ4n) is 1.73. The normalized spacial score (nSPS) is 10.8. The average Bonchev–Trinajstić information content (AvgIpc) is 2.40. The molecule has 0 aliphatic heterocycles. The van der Waals surface area contributed by atoms with Crippen molar-refractivity contribution in [1.29, 1.82) is 0 Å². The summed E-state index contributed by atoms with van der Waals surface area (Å²) in [5.41, 5.74) is 1.09. The summed E-state index contributed by atoms with van der Waals surface area (Å²) in [4.78, 5) is 4.22. The number of benzene rings is 1. The molecule has 0 unspecified atom stereocenters. The van der Waals surface area contributed by atoms with Gasteiger partial charge in [0.1, 0.15) is 11.6 Å². The maximum Gasteiger partial charge on any atom is 0.219 e. The zero-order valence-corrected chi connectivity index (χ0v) is 11.8. The maximum absolute atomic E-state index is 13.0. The summed E-state index contributed by atoms with van der Waals surface area (Å²) in [5, 5.41) is 3.35. The third-order valence-electron chi connectivity index (χ3n) is 2.70. The Labute approximate surface area is 118 Å². The van der Waals surface area contributed by atoms with Crippen LogP contribution in [-0.2, 0) is 6.54 Å². The number of rotatable bonds is 6. The number of halogens is 1. The van der Waals surface area contributed by atoms with Gasteiger partial charge in [-0.3, -0.25) is 0 Å². The topological polar surface area (TPSA) is 34.1 Å². The molecule has 0 aliphatic carbocycles. The lowest BCUT2D eigenvalue weighted by Gasteiger charge is -2.08. The molecule has 0 spiro atoms. The van der Waals surface area contributed by atoms with Crippen molar-refractivity contribution >= 4 is 0 Å². The van der Waals surface area contributed by atoms with E-state index in [2.05, 4.69) is 24.1 Å². The second-order valence-electron chi connectivity index (χ2n) is 5.09. The van der Waals surface area contributed by atoms with Crippen molar-refractivity contribution in [3.63, 3.8) is 0 Å². The first-order chi connectivity index (χ1) is 9.63. The van der Waals surface area contributed by atoms with Gasteiger partial charge in [0, 0.05) is 24.9 Å². The molecule has 0 fully saturated rings. The van der Waals surface area contributed by atoms with E-state index < -0.39 is 0 Å².